The van der Waals surface area contributed by atoms with Crippen LogP contribution in [-0.4, -0.2) is 43.2 Å². The van der Waals surface area contributed by atoms with Gasteiger partial charge in [-0.25, -0.2) is 0 Å². The van der Waals surface area contributed by atoms with Crippen LogP contribution in [0.1, 0.15) is 6.92 Å². The summed E-state index contributed by atoms with van der Waals surface area (Å²) >= 11 is 0. The van der Waals surface area contributed by atoms with E-state index in [4.69, 9.17) is 4.74 Å². The molecule has 0 aliphatic carbocycles. The van der Waals surface area contributed by atoms with Crippen molar-refractivity contribution in [2.24, 2.45) is 0 Å². The van der Waals surface area contributed by atoms with Crippen molar-refractivity contribution in [3.05, 3.63) is 12.4 Å². The predicted octanol–water partition coefficient (Wildman–Crippen LogP) is 0.484. The van der Waals surface area contributed by atoms with Gasteiger partial charge >= 0.3 is 5.97 Å². The van der Waals surface area contributed by atoms with Gasteiger partial charge in [0.05, 0.1) is 26.1 Å². The van der Waals surface area contributed by atoms with E-state index in [0.717, 1.165) is 0 Å². The van der Waals surface area contributed by atoms with Crippen LogP contribution in [0.5, 0.6) is 5.88 Å². The molecule has 0 aromatic carbocycles. The molecule has 6 heteroatoms. The van der Waals surface area contributed by atoms with Gasteiger partial charge in [0.1, 0.15) is 6.54 Å². The minimum absolute atomic E-state index is 0.126. The van der Waals surface area contributed by atoms with Crippen molar-refractivity contribution >= 4 is 11.8 Å². The van der Waals surface area contributed by atoms with Crippen molar-refractivity contribution in [2.45, 2.75) is 6.92 Å². The zero-order chi connectivity index (χ0) is 12.0. The van der Waals surface area contributed by atoms with E-state index >= 15 is 0 Å². The number of methoxy groups -OCH3 is 1. The average molecular weight is 225 g/mol. The number of carbonyl (C=O) groups is 1. The lowest BCUT2D eigenvalue weighted by Gasteiger charge is -2.16. The molecular formula is C10H15N3O3. The average Bonchev–Trinajstić information content (AvgIpc) is 2.29. The first kappa shape index (κ1) is 12.2. The number of aromatic nitrogens is 2. The smallest absolute Gasteiger partial charge is 0.325 e. The lowest BCUT2D eigenvalue weighted by molar-refractivity contribution is -0.138. The molecule has 6 nitrogen and oxygen atoms in total. The predicted molar refractivity (Wildman–Crippen MR) is 58.5 cm³/mol. The Morgan fingerprint density at radius 3 is 2.88 bits per heavy atom. The van der Waals surface area contributed by atoms with E-state index in [0.29, 0.717) is 18.3 Å². The summed E-state index contributed by atoms with van der Waals surface area (Å²) in [5.41, 5.74) is 0. The third kappa shape index (κ3) is 3.38. The van der Waals surface area contributed by atoms with E-state index in [2.05, 4.69) is 14.7 Å². The van der Waals surface area contributed by atoms with Crippen LogP contribution in [0.4, 0.5) is 5.82 Å². The summed E-state index contributed by atoms with van der Waals surface area (Å²) < 4.78 is 9.77. The highest BCUT2D eigenvalue weighted by Gasteiger charge is 2.09. The molecule has 0 unspecified atom stereocenters. The van der Waals surface area contributed by atoms with E-state index in [9.17, 15) is 4.79 Å². The van der Waals surface area contributed by atoms with Gasteiger partial charge in [0.2, 0.25) is 5.88 Å². The van der Waals surface area contributed by atoms with Crippen LogP contribution in [-0.2, 0) is 9.53 Å². The largest absolute Gasteiger partial charge is 0.477 e. The molecule has 1 heterocycles. The molecule has 0 bridgehead atoms. The number of nitrogens with zero attached hydrogens (tertiary/aromatic N) is 3. The van der Waals surface area contributed by atoms with Crippen LogP contribution in [0, 0.1) is 0 Å². The minimum atomic E-state index is -0.328. The van der Waals surface area contributed by atoms with Gasteiger partial charge in [0.25, 0.3) is 0 Å². The second kappa shape index (κ2) is 5.89. The Morgan fingerprint density at radius 1 is 1.50 bits per heavy atom. The van der Waals surface area contributed by atoms with Crippen molar-refractivity contribution in [3.8, 4) is 5.88 Å². The minimum Gasteiger partial charge on any atom is -0.477 e. The lowest BCUT2D eigenvalue weighted by atomic mass is 10.5. The van der Waals surface area contributed by atoms with Crippen LogP contribution in [0.25, 0.3) is 0 Å². The van der Waals surface area contributed by atoms with E-state index in [-0.39, 0.29) is 12.5 Å². The first-order valence-electron chi connectivity index (χ1n) is 4.90. The number of ether oxygens (including phenoxy) is 2. The van der Waals surface area contributed by atoms with Crippen molar-refractivity contribution in [2.75, 3.05) is 32.2 Å². The summed E-state index contributed by atoms with van der Waals surface area (Å²) in [7, 11) is 3.08. The Kier molecular flexibility index (Phi) is 4.50. The monoisotopic (exact) mass is 225 g/mol. The molecule has 0 aliphatic heterocycles. The highest BCUT2D eigenvalue weighted by atomic mass is 16.5. The Bertz CT molecular complexity index is 357. The van der Waals surface area contributed by atoms with Gasteiger partial charge in [-0.05, 0) is 6.92 Å². The summed E-state index contributed by atoms with van der Waals surface area (Å²) in [5.74, 6) is 0.680. The second-order valence-corrected chi connectivity index (χ2v) is 3.08. The number of anilines is 1. The number of esters is 1. The summed E-state index contributed by atoms with van der Waals surface area (Å²) in [5, 5.41) is 0. The molecule has 0 atom stereocenters. The number of likely N-dealkylation sites (N-methyl/N-ethyl adjacent to an activating group) is 1. The Balaban J connectivity index is 2.71. The van der Waals surface area contributed by atoms with Gasteiger partial charge in [-0.1, -0.05) is 0 Å². The van der Waals surface area contributed by atoms with Crippen molar-refractivity contribution in [1.29, 1.82) is 0 Å². The molecule has 0 saturated carbocycles. The highest BCUT2D eigenvalue weighted by molar-refractivity contribution is 5.74. The number of hydrogen-bond acceptors (Lipinski definition) is 6. The first-order chi connectivity index (χ1) is 7.67. The second-order valence-electron chi connectivity index (χ2n) is 3.08. The van der Waals surface area contributed by atoms with Gasteiger partial charge in [0.15, 0.2) is 5.82 Å². The molecule has 16 heavy (non-hydrogen) atoms. The Morgan fingerprint density at radius 2 is 2.25 bits per heavy atom. The molecule has 0 saturated heterocycles. The summed E-state index contributed by atoms with van der Waals surface area (Å²) in [6.45, 7) is 2.52. The Labute approximate surface area is 94.2 Å². The summed E-state index contributed by atoms with van der Waals surface area (Å²) in [4.78, 5) is 20.9. The highest BCUT2D eigenvalue weighted by Crippen LogP contribution is 2.12. The SMILES string of the molecule is CCOc1cncc(N(C)CC(=O)OC)n1. The van der Waals surface area contributed by atoms with E-state index in [1.165, 1.54) is 13.3 Å². The molecule has 0 amide bonds. The van der Waals surface area contributed by atoms with Crippen LogP contribution in [0.2, 0.25) is 0 Å². The van der Waals surface area contributed by atoms with E-state index in [1.54, 1.807) is 18.1 Å². The van der Waals surface area contributed by atoms with Crippen LogP contribution < -0.4 is 9.64 Å². The van der Waals surface area contributed by atoms with Crippen LogP contribution >= 0.6 is 0 Å². The molecule has 1 aromatic heterocycles. The Hall–Kier alpha value is -1.85. The third-order valence-electron chi connectivity index (χ3n) is 1.88. The molecule has 1 aromatic rings. The van der Waals surface area contributed by atoms with E-state index in [1.807, 2.05) is 6.92 Å². The number of rotatable bonds is 5. The summed E-state index contributed by atoms with van der Waals surface area (Å²) in [6, 6.07) is 0. The van der Waals surface area contributed by atoms with E-state index < -0.39 is 0 Å². The fraction of sp³-hybridized carbons (Fsp3) is 0.500. The molecule has 0 aliphatic rings. The lowest BCUT2D eigenvalue weighted by Crippen LogP contribution is -2.27. The van der Waals surface area contributed by atoms with Gasteiger partial charge in [-0.15, -0.1) is 0 Å². The zero-order valence-electron chi connectivity index (χ0n) is 9.64. The first-order valence-corrected chi connectivity index (χ1v) is 4.90. The van der Waals surface area contributed by atoms with Crippen molar-refractivity contribution in [3.63, 3.8) is 0 Å². The maximum absolute atomic E-state index is 11.1. The van der Waals surface area contributed by atoms with Gasteiger partial charge < -0.3 is 14.4 Å². The van der Waals surface area contributed by atoms with Gasteiger partial charge in [0, 0.05) is 7.05 Å². The molecular weight excluding hydrogens is 210 g/mol. The van der Waals surface area contributed by atoms with Gasteiger partial charge in [-0.2, -0.15) is 4.98 Å². The zero-order valence-corrected chi connectivity index (χ0v) is 9.64. The molecule has 0 N–H and O–H groups in total. The molecule has 0 fully saturated rings. The van der Waals surface area contributed by atoms with Crippen LogP contribution in [0.3, 0.4) is 0 Å². The summed E-state index contributed by atoms with van der Waals surface area (Å²) in [6.07, 6.45) is 3.09. The third-order valence-corrected chi connectivity index (χ3v) is 1.88. The number of hydrogen-bond donors (Lipinski definition) is 0. The topological polar surface area (TPSA) is 64.5 Å². The van der Waals surface area contributed by atoms with Gasteiger partial charge in [-0.3, -0.25) is 9.78 Å². The molecule has 0 radical (unpaired) electrons. The molecule has 0 spiro atoms. The van der Waals surface area contributed by atoms with Crippen LogP contribution in [0.15, 0.2) is 12.4 Å². The maximum atomic E-state index is 11.1. The normalized spacial score (nSPS) is 9.69. The number of carbonyl (C=O) groups excluding carboxylic acids is 1. The molecule has 1 rings (SSSR count). The fourth-order valence-electron chi connectivity index (χ4n) is 1.08. The standard InChI is InChI=1S/C10H15N3O3/c1-4-16-9-6-11-5-8(12-9)13(2)7-10(14)15-3/h5-6H,4,7H2,1-3H3. The van der Waals surface area contributed by atoms with Crippen molar-refractivity contribution in [1.82, 2.24) is 9.97 Å². The maximum Gasteiger partial charge on any atom is 0.325 e. The quantitative estimate of drug-likeness (QED) is 0.679. The molecule has 88 valence electrons. The fourth-order valence-corrected chi connectivity index (χ4v) is 1.08. The van der Waals surface area contributed by atoms with Crippen molar-refractivity contribution < 1.29 is 14.3 Å².